The average Bonchev–Trinajstić information content (AvgIpc) is 3.22. The Hall–Kier alpha value is -3.59. The first-order valence-corrected chi connectivity index (χ1v) is 10.1. The van der Waals surface area contributed by atoms with Gasteiger partial charge in [-0.3, -0.25) is 25.2 Å². The SMILES string of the molecule is Cc1ccc(C)c(S(=O)(=O)Nc2cccc(C(=O)NNC(=O)c3ccco3)c2)c1. The van der Waals surface area contributed by atoms with Gasteiger partial charge in [-0.2, -0.15) is 0 Å². The largest absolute Gasteiger partial charge is 0.459 e. The summed E-state index contributed by atoms with van der Waals surface area (Å²) >= 11 is 0. The normalized spacial score (nSPS) is 11.0. The van der Waals surface area contributed by atoms with Crippen LogP contribution in [0.5, 0.6) is 0 Å². The molecule has 0 spiro atoms. The number of carbonyl (C=O) groups is 2. The average molecular weight is 413 g/mol. The van der Waals surface area contributed by atoms with Crippen LogP contribution in [0.2, 0.25) is 0 Å². The van der Waals surface area contributed by atoms with E-state index in [-0.39, 0.29) is 21.9 Å². The Bertz CT molecular complexity index is 1150. The summed E-state index contributed by atoms with van der Waals surface area (Å²) in [7, 11) is -3.83. The molecule has 9 heteroatoms. The molecule has 0 bridgehead atoms. The van der Waals surface area contributed by atoms with E-state index in [2.05, 4.69) is 15.6 Å². The van der Waals surface area contributed by atoms with Gasteiger partial charge in [0, 0.05) is 11.3 Å². The van der Waals surface area contributed by atoms with Gasteiger partial charge < -0.3 is 4.42 Å². The third-order valence-corrected chi connectivity index (χ3v) is 5.57. The highest BCUT2D eigenvalue weighted by Crippen LogP contribution is 2.21. The summed E-state index contributed by atoms with van der Waals surface area (Å²) in [5, 5.41) is 0. The van der Waals surface area contributed by atoms with Crippen molar-refractivity contribution in [3.05, 3.63) is 83.3 Å². The summed E-state index contributed by atoms with van der Waals surface area (Å²) in [5.41, 5.74) is 6.27. The van der Waals surface area contributed by atoms with E-state index in [9.17, 15) is 18.0 Å². The second-order valence-electron chi connectivity index (χ2n) is 6.34. The van der Waals surface area contributed by atoms with Crippen molar-refractivity contribution >= 4 is 27.5 Å². The number of amides is 2. The number of rotatable bonds is 5. The Morgan fingerprint density at radius 2 is 1.66 bits per heavy atom. The number of anilines is 1. The van der Waals surface area contributed by atoms with Crippen molar-refractivity contribution in [1.82, 2.24) is 10.9 Å². The lowest BCUT2D eigenvalue weighted by atomic mass is 10.2. The molecule has 0 aliphatic rings. The van der Waals surface area contributed by atoms with Crippen LogP contribution in [0.15, 0.2) is 70.2 Å². The van der Waals surface area contributed by atoms with Crippen LogP contribution in [0, 0.1) is 13.8 Å². The zero-order valence-corrected chi connectivity index (χ0v) is 16.5. The molecular formula is C20H19N3O5S. The van der Waals surface area contributed by atoms with Crippen LogP contribution in [-0.2, 0) is 10.0 Å². The molecule has 150 valence electrons. The van der Waals surface area contributed by atoms with Crippen molar-refractivity contribution in [2.75, 3.05) is 4.72 Å². The van der Waals surface area contributed by atoms with E-state index < -0.39 is 21.8 Å². The first kappa shape index (κ1) is 20.2. The lowest BCUT2D eigenvalue weighted by Crippen LogP contribution is -2.41. The number of hydrogen-bond acceptors (Lipinski definition) is 5. The fourth-order valence-electron chi connectivity index (χ4n) is 2.59. The maximum absolute atomic E-state index is 12.7. The molecule has 3 aromatic rings. The standard InChI is InChI=1S/C20H19N3O5S/c1-13-8-9-14(2)18(11-13)29(26,27)23-16-6-3-5-15(12-16)19(24)21-22-20(25)17-7-4-10-28-17/h3-12,23H,1-2H3,(H,21,24)(H,22,25). The van der Waals surface area contributed by atoms with Gasteiger partial charge in [-0.1, -0.05) is 18.2 Å². The van der Waals surface area contributed by atoms with Crippen molar-refractivity contribution in [2.24, 2.45) is 0 Å². The minimum atomic E-state index is -3.83. The Morgan fingerprint density at radius 3 is 2.38 bits per heavy atom. The van der Waals surface area contributed by atoms with Crippen molar-refractivity contribution in [1.29, 1.82) is 0 Å². The molecule has 3 rings (SSSR count). The summed E-state index contributed by atoms with van der Waals surface area (Å²) in [6, 6.07) is 14.1. The second kappa shape index (κ2) is 8.19. The topological polar surface area (TPSA) is 118 Å². The summed E-state index contributed by atoms with van der Waals surface area (Å²) in [6.45, 7) is 3.51. The predicted octanol–water partition coefficient (Wildman–Crippen LogP) is 2.77. The lowest BCUT2D eigenvalue weighted by Gasteiger charge is -2.12. The number of sulfonamides is 1. The molecular weight excluding hydrogens is 394 g/mol. The van der Waals surface area contributed by atoms with Crippen LogP contribution < -0.4 is 15.6 Å². The quantitative estimate of drug-likeness (QED) is 0.556. The van der Waals surface area contributed by atoms with E-state index in [4.69, 9.17) is 4.42 Å². The number of nitrogens with one attached hydrogen (secondary N) is 3. The maximum Gasteiger partial charge on any atom is 0.305 e. The fourth-order valence-corrected chi connectivity index (χ4v) is 3.97. The number of aryl methyl sites for hydroxylation is 2. The summed E-state index contributed by atoms with van der Waals surface area (Å²) in [5.74, 6) is -1.19. The smallest absolute Gasteiger partial charge is 0.305 e. The van der Waals surface area contributed by atoms with E-state index in [0.29, 0.717) is 5.56 Å². The Balaban J connectivity index is 1.72. The van der Waals surface area contributed by atoms with Crippen LogP contribution >= 0.6 is 0 Å². The summed E-state index contributed by atoms with van der Waals surface area (Å²) < 4.78 is 32.8. The molecule has 0 radical (unpaired) electrons. The Kier molecular flexibility index (Phi) is 5.69. The highest BCUT2D eigenvalue weighted by molar-refractivity contribution is 7.92. The molecule has 0 fully saturated rings. The van der Waals surface area contributed by atoms with Gasteiger partial charge in [0.15, 0.2) is 5.76 Å². The predicted molar refractivity (Wildman–Crippen MR) is 107 cm³/mol. The number of benzene rings is 2. The highest BCUT2D eigenvalue weighted by Gasteiger charge is 2.18. The van der Waals surface area contributed by atoms with E-state index in [0.717, 1.165) is 5.56 Å². The number of carbonyl (C=O) groups excluding carboxylic acids is 2. The van der Waals surface area contributed by atoms with Crippen molar-refractivity contribution in [2.45, 2.75) is 18.7 Å². The molecule has 0 aliphatic carbocycles. The van der Waals surface area contributed by atoms with Crippen LogP contribution in [-0.4, -0.2) is 20.2 Å². The molecule has 0 unspecified atom stereocenters. The van der Waals surface area contributed by atoms with Gasteiger partial charge in [0.25, 0.3) is 15.9 Å². The molecule has 2 amide bonds. The van der Waals surface area contributed by atoms with Gasteiger partial charge in [0.1, 0.15) is 0 Å². The van der Waals surface area contributed by atoms with Crippen LogP contribution in [0.1, 0.15) is 32.0 Å². The molecule has 2 aromatic carbocycles. The second-order valence-corrected chi connectivity index (χ2v) is 7.99. The monoisotopic (exact) mass is 413 g/mol. The van der Waals surface area contributed by atoms with E-state index >= 15 is 0 Å². The number of hydrazine groups is 1. The van der Waals surface area contributed by atoms with Crippen LogP contribution in [0.3, 0.4) is 0 Å². The summed E-state index contributed by atoms with van der Waals surface area (Å²) in [4.78, 5) is 24.2. The maximum atomic E-state index is 12.7. The van der Waals surface area contributed by atoms with Crippen molar-refractivity contribution in [3.8, 4) is 0 Å². The van der Waals surface area contributed by atoms with E-state index in [1.807, 2.05) is 6.07 Å². The molecule has 0 saturated carbocycles. The van der Waals surface area contributed by atoms with Gasteiger partial charge in [-0.05, 0) is 61.4 Å². The Labute approximate surface area is 168 Å². The number of hydrogen-bond donors (Lipinski definition) is 3. The highest BCUT2D eigenvalue weighted by atomic mass is 32.2. The van der Waals surface area contributed by atoms with Gasteiger partial charge in [0.05, 0.1) is 11.2 Å². The molecule has 8 nitrogen and oxygen atoms in total. The van der Waals surface area contributed by atoms with Crippen molar-refractivity contribution in [3.63, 3.8) is 0 Å². The van der Waals surface area contributed by atoms with Gasteiger partial charge in [-0.25, -0.2) is 8.42 Å². The van der Waals surface area contributed by atoms with Gasteiger partial charge in [-0.15, -0.1) is 0 Å². The lowest BCUT2D eigenvalue weighted by molar-refractivity contribution is 0.0831. The minimum absolute atomic E-state index is 0.0420. The molecule has 29 heavy (non-hydrogen) atoms. The van der Waals surface area contributed by atoms with Gasteiger partial charge >= 0.3 is 5.91 Å². The summed E-state index contributed by atoms with van der Waals surface area (Å²) in [6.07, 6.45) is 1.34. The molecule has 0 aliphatic heterocycles. The third kappa shape index (κ3) is 4.82. The van der Waals surface area contributed by atoms with E-state index in [1.165, 1.54) is 36.6 Å². The zero-order chi connectivity index (χ0) is 21.0. The minimum Gasteiger partial charge on any atom is -0.459 e. The van der Waals surface area contributed by atoms with Gasteiger partial charge in [0.2, 0.25) is 0 Å². The Morgan fingerprint density at radius 1 is 0.897 bits per heavy atom. The number of furan rings is 1. The fraction of sp³-hybridized carbons (Fsp3) is 0.100. The molecule has 0 atom stereocenters. The molecule has 1 aromatic heterocycles. The van der Waals surface area contributed by atoms with E-state index in [1.54, 1.807) is 32.0 Å². The molecule has 3 N–H and O–H groups in total. The first-order chi connectivity index (χ1) is 13.8. The third-order valence-electron chi connectivity index (χ3n) is 4.04. The molecule has 0 saturated heterocycles. The van der Waals surface area contributed by atoms with Crippen LogP contribution in [0.25, 0.3) is 0 Å². The molecule has 1 heterocycles. The zero-order valence-electron chi connectivity index (χ0n) is 15.7. The van der Waals surface area contributed by atoms with Crippen LogP contribution in [0.4, 0.5) is 5.69 Å². The first-order valence-electron chi connectivity index (χ1n) is 8.60. The van der Waals surface area contributed by atoms with Crippen molar-refractivity contribution < 1.29 is 22.4 Å².